The number of thiazole rings is 1. The highest BCUT2D eigenvalue weighted by molar-refractivity contribution is 7.13. The number of ether oxygens (including phenoxy) is 2. The highest BCUT2D eigenvalue weighted by atomic mass is 32.1. The van der Waals surface area contributed by atoms with E-state index in [0.717, 1.165) is 31.4 Å². The third kappa shape index (κ3) is 6.22. The lowest BCUT2D eigenvalue weighted by molar-refractivity contribution is -0.125. The number of nitrogens with one attached hydrogen (secondary N) is 2. The summed E-state index contributed by atoms with van der Waals surface area (Å²) in [7, 11) is 0. The van der Waals surface area contributed by atoms with Gasteiger partial charge in [0.15, 0.2) is 16.6 Å². The Morgan fingerprint density at radius 1 is 1.09 bits per heavy atom. The molecule has 2 aliphatic rings. The first-order valence-corrected chi connectivity index (χ1v) is 12.1. The van der Waals surface area contributed by atoms with Crippen LogP contribution in [0, 0.1) is 6.92 Å². The Bertz CT molecular complexity index is 1020. The molecular formula is C23H28N4O5S. The van der Waals surface area contributed by atoms with Gasteiger partial charge in [0.05, 0.1) is 5.69 Å². The van der Waals surface area contributed by atoms with Crippen LogP contribution in [0.2, 0.25) is 0 Å². The maximum absolute atomic E-state index is 13.1. The molecule has 0 bridgehead atoms. The van der Waals surface area contributed by atoms with Gasteiger partial charge in [-0.2, -0.15) is 0 Å². The second-order valence-electron chi connectivity index (χ2n) is 8.20. The average Bonchev–Trinajstić information content (AvgIpc) is 3.47. The second kappa shape index (κ2) is 10.7. The minimum atomic E-state index is -0.321. The van der Waals surface area contributed by atoms with E-state index in [4.69, 9.17) is 9.47 Å². The number of aryl methyl sites for hydroxylation is 1. The molecule has 3 amide bonds. The number of nitrogens with zero attached hydrogens (tertiary/aromatic N) is 2. The number of carbonyl (C=O) groups is 3. The molecule has 0 radical (unpaired) electrons. The van der Waals surface area contributed by atoms with E-state index in [1.807, 2.05) is 12.3 Å². The van der Waals surface area contributed by atoms with E-state index in [1.54, 1.807) is 18.2 Å². The van der Waals surface area contributed by atoms with Crippen LogP contribution >= 0.6 is 11.3 Å². The van der Waals surface area contributed by atoms with Crippen molar-refractivity contribution in [3.05, 3.63) is 29.3 Å². The lowest BCUT2D eigenvalue weighted by Crippen LogP contribution is -2.44. The van der Waals surface area contributed by atoms with Gasteiger partial charge in [-0.3, -0.25) is 14.4 Å². The Hall–Kier alpha value is -3.14. The molecule has 1 aliphatic carbocycles. The first-order chi connectivity index (χ1) is 16.0. The maximum Gasteiger partial charge on any atom is 0.240 e. The summed E-state index contributed by atoms with van der Waals surface area (Å²) >= 11 is 1.33. The van der Waals surface area contributed by atoms with Crippen molar-refractivity contribution in [1.29, 1.82) is 0 Å². The van der Waals surface area contributed by atoms with E-state index in [9.17, 15) is 14.4 Å². The van der Waals surface area contributed by atoms with Crippen LogP contribution in [0.1, 0.15) is 44.2 Å². The van der Waals surface area contributed by atoms with Gasteiger partial charge in [-0.1, -0.05) is 12.8 Å². The van der Waals surface area contributed by atoms with Crippen LogP contribution in [-0.2, 0) is 14.4 Å². The van der Waals surface area contributed by atoms with Crippen molar-refractivity contribution in [2.75, 3.05) is 30.0 Å². The van der Waals surface area contributed by atoms with Crippen LogP contribution in [0.4, 0.5) is 10.8 Å². The van der Waals surface area contributed by atoms with E-state index in [2.05, 4.69) is 15.6 Å². The summed E-state index contributed by atoms with van der Waals surface area (Å²) in [5, 5.41) is 8.07. The molecule has 1 aromatic heterocycles. The van der Waals surface area contributed by atoms with E-state index < -0.39 is 0 Å². The third-order valence-corrected chi connectivity index (χ3v) is 6.47. The summed E-state index contributed by atoms with van der Waals surface area (Å²) in [5.74, 6) is 0.303. The molecule has 0 spiro atoms. The fraction of sp³-hybridized carbons (Fsp3) is 0.478. The monoisotopic (exact) mass is 472 g/mol. The predicted octanol–water partition coefficient (Wildman–Crippen LogP) is 3.03. The van der Waals surface area contributed by atoms with Gasteiger partial charge < -0.3 is 25.0 Å². The number of rotatable bonds is 8. The summed E-state index contributed by atoms with van der Waals surface area (Å²) in [6.07, 6.45) is 4.07. The Morgan fingerprint density at radius 2 is 1.85 bits per heavy atom. The molecule has 0 saturated heterocycles. The van der Waals surface area contributed by atoms with E-state index >= 15 is 0 Å². The van der Waals surface area contributed by atoms with Crippen LogP contribution in [0.15, 0.2) is 23.6 Å². The molecule has 2 heterocycles. The van der Waals surface area contributed by atoms with Crippen LogP contribution in [0.25, 0.3) is 0 Å². The molecule has 4 rings (SSSR count). The minimum Gasteiger partial charge on any atom is -0.486 e. The van der Waals surface area contributed by atoms with Crippen molar-refractivity contribution in [3.63, 3.8) is 0 Å². The summed E-state index contributed by atoms with van der Waals surface area (Å²) in [5.41, 5.74) is 1.35. The van der Waals surface area contributed by atoms with Crippen molar-refractivity contribution in [3.8, 4) is 11.5 Å². The van der Waals surface area contributed by atoms with E-state index in [1.165, 1.54) is 16.2 Å². The number of amides is 3. The topological polar surface area (TPSA) is 110 Å². The van der Waals surface area contributed by atoms with Crippen LogP contribution < -0.4 is 25.0 Å². The quantitative estimate of drug-likeness (QED) is 0.611. The van der Waals surface area contributed by atoms with Crippen molar-refractivity contribution >= 4 is 39.9 Å². The number of aromatic nitrogens is 1. The number of hydrogen-bond donors (Lipinski definition) is 2. The molecule has 0 unspecified atom stereocenters. The molecule has 0 atom stereocenters. The zero-order chi connectivity index (χ0) is 23.2. The van der Waals surface area contributed by atoms with Crippen molar-refractivity contribution < 1.29 is 23.9 Å². The van der Waals surface area contributed by atoms with Crippen molar-refractivity contribution in [2.45, 2.75) is 51.5 Å². The van der Waals surface area contributed by atoms with Gasteiger partial charge in [0, 0.05) is 36.0 Å². The van der Waals surface area contributed by atoms with Crippen LogP contribution in [0.5, 0.6) is 11.5 Å². The summed E-state index contributed by atoms with van der Waals surface area (Å²) < 4.78 is 11.2. The fourth-order valence-corrected chi connectivity index (χ4v) is 4.66. The van der Waals surface area contributed by atoms with Crippen molar-refractivity contribution in [2.24, 2.45) is 0 Å². The van der Waals surface area contributed by atoms with E-state index in [-0.39, 0.29) is 43.1 Å². The highest BCUT2D eigenvalue weighted by Crippen LogP contribution is 2.34. The number of anilines is 2. The maximum atomic E-state index is 13.1. The average molecular weight is 473 g/mol. The molecule has 1 fully saturated rings. The number of fused-ring (bicyclic) bond motifs is 1. The molecule has 1 saturated carbocycles. The van der Waals surface area contributed by atoms with E-state index in [0.29, 0.717) is 35.5 Å². The van der Waals surface area contributed by atoms with Gasteiger partial charge in [0.25, 0.3) is 0 Å². The predicted molar refractivity (Wildman–Crippen MR) is 125 cm³/mol. The summed E-state index contributed by atoms with van der Waals surface area (Å²) in [4.78, 5) is 43.7. The minimum absolute atomic E-state index is 0.0112. The standard InChI is InChI=1S/C23H28N4O5S/c1-15-14-33-23(24-15)26-20(28)8-9-22(30)27(13-21(29)25-16-4-2-3-5-16)17-6-7-18-19(12-17)32-11-10-31-18/h6-7,12,14,16H,2-5,8-11,13H2,1H3,(H,25,29)(H,24,26,28). The SMILES string of the molecule is Cc1csc(NC(=O)CCC(=O)N(CC(=O)NC2CCCC2)c2ccc3c(c2)OCCO3)n1. The molecule has 9 nitrogen and oxygen atoms in total. The van der Waals surface area contributed by atoms with Crippen LogP contribution in [0.3, 0.4) is 0 Å². The first kappa shape index (κ1) is 23.0. The van der Waals surface area contributed by atoms with Crippen LogP contribution in [-0.4, -0.2) is 48.5 Å². The Kier molecular flexibility index (Phi) is 7.43. The molecule has 2 aromatic rings. The van der Waals surface area contributed by atoms with Gasteiger partial charge >= 0.3 is 0 Å². The molecule has 1 aromatic carbocycles. The van der Waals surface area contributed by atoms with Gasteiger partial charge in [0.1, 0.15) is 19.8 Å². The molecular weight excluding hydrogens is 444 g/mol. The molecule has 1 aliphatic heterocycles. The first-order valence-electron chi connectivity index (χ1n) is 11.2. The van der Waals surface area contributed by atoms with Gasteiger partial charge in [-0.15, -0.1) is 11.3 Å². The lowest BCUT2D eigenvalue weighted by Gasteiger charge is -2.25. The zero-order valence-corrected chi connectivity index (χ0v) is 19.4. The molecule has 33 heavy (non-hydrogen) atoms. The summed E-state index contributed by atoms with van der Waals surface area (Å²) in [6.45, 7) is 2.61. The smallest absolute Gasteiger partial charge is 0.240 e. The highest BCUT2D eigenvalue weighted by Gasteiger charge is 2.24. The fourth-order valence-electron chi connectivity index (χ4n) is 3.96. The number of benzene rings is 1. The molecule has 10 heteroatoms. The van der Waals surface area contributed by atoms with Crippen molar-refractivity contribution in [1.82, 2.24) is 10.3 Å². The third-order valence-electron chi connectivity index (χ3n) is 5.59. The summed E-state index contributed by atoms with van der Waals surface area (Å²) in [6, 6.07) is 5.32. The Morgan fingerprint density at radius 3 is 2.58 bits per heavy atom. The lowest BCUT2D eigenvalue weighted by atomic mass is 10.2. The number of hydrogen-bond acceptors (Lipinski definition) is 7. The number of carbonyl (C=O) groups excluding carboxylic acids is 3. The largest absolute Gasteiger partial charge is 0.486 e. The molecule has 2 N–H and O–H groups in total. The Balaban J connectivity index is 1.43. The second-order valence-corrected chi connectivity index (χ2v) is 9.06. The van der Waals surface area contributed by atoms with Gasteiger partial charge in [0.2, 0.25) is 17.7 Å². The van der Waals surface area contributed by atoms with Gasteiger partial charge in [-0.25, -0.2) is 4.98 Å². The zero-order valence-electron chi connectivity index (χ0n) is 18.6. The molecule has 176 valence electrons. The normalized spacial score (nSPS) is 15.2. The van der Waals surface area contributed by atoms with Gasteiger partial charge in [-0.05, 0) is 31.9 Å². The Labute approximate surface area is 196 Å².